The van der Waals surface area contributed by atoms with Crippen LogP contribution in [0.5, 0.6) is 0 Å². The van der Waals surface area contributed by atoms with Crippen LogP contribution >= 0.6 is 31.4 Å². The first-order chi connectivity index (χ1) is 8.36. The van der Waals surface area contributed by atoms with E-state index >= 15 is 0 Å². The van der Waals surface area contributed by atoms with Gasteiger partial charge in [-0.15, -0.1) is 0 Å². The highest BCUT2D eigenvalue weighted by Gasteiger charge is 2.01. The lowest BCUT2D eigenvalue weighted by Crippen LogP contribution is -1.83. The molecule has 0 unspecified atom stereocenters. The normalized spacial score (nSPS) is 11.6. The van der Waals surface area contributed by atoms with Crippen molar-refractivity contribution in [1.82, 2.24) is 9.97 Å². The first-order valence-corrected chi connectivity index (χ1v) is 7.97. The third kappa shape index (κ3) is 6.30. The van der Waals surface area contributed by atoms with Crippen molar-refractivity contribution in [3.8, 4) is 0 Å². The Morgan fingerprint density at radius 1 is 1.29 bits per heavy atom. The lowest BCUT2D eigenvalue weighted by atomic mass is 10.7. The van der Waals surface area contributed by atoms with E-state index in [0.717, 1.165) is 0 Å². The van der Waals surface area contributed by atoms with E-state index in [1.54, 1.807) is 30.8 Å². The Morgan fingerprint density at radius 2 is 2.06 bits per heavy atom. The zero-order chi connectivity index (χ0) is 12.3. The highest BCUT2D eigenvalue weighted by molar-refractivity contribution is 9.12. The van der Waals surface area contributed by atoms with Gasteiger partial charge in [0.1, 0.15) is 0 Å². The van der Waals surface area contributed by atoms with Crippen LogP contribution in [0.15, 0.2) is 59.0 Å². The summed E-state index contributed by atoms with van der Waals surface area (Å²) in [7, 11) is 4.35. The number of hydrogen-bond donors (Lipinski definition) is 0. The molecule has 0 aromatic carbocycles. The van der Waals surface area contributed by atoms with Gasteiger partial charge in [-0.1, -0.05) is 19.2 Å². The highest BCUT2D eigenvalue weighted by atomic mass is 33.5. The summed E-state index contributed by atoms with van der Waals surface area (Å²) < 4.78 is 0. The summed E-state index contributed by atoms with van der Waals surface area (Å²) in [6.07, 6.45) is 8.04. The maximum Gasteiger partial charge on any atom is 0.199 e. The molecule has 0 bridgehead atoms. The second-order valence-corrected chi connectivity index (χ2v) is 6.21. The van der Waals surface area contributed by atoms with Crippen molar-refractivity contribution >= 4 is 42.8 Å². The maximum atomic E-state index is 4.09. The van der Waals surface area contributed by atoms with E-state index in [9.17, 15) is 0 Å². The van der Waals surface area contributed by atoms with E-state index in [2.05, 4.69) is 33.1 Å². The van der Waals surface area contributed by atoms with E-state index in [1.807, 2.05) is 0 Å². The molecule has 0 spiro atoms. The minimum absolute atomic E-state index is 0.605. The van der Waals surface area contributed by atoms with E-state index < -0.39 is 0 Å². The molecule has 1 rings (SSSR count). The molecule has 0 fully saturated rings. The van der Waals surface area contributed by atoms with Gasteiger partial charge in [-0.3, -0.25) is 0 Å². The fourth-order valence-electron chi connectivity index (χ4n) is 0.677. The van der Waals surface area contributed by atoms with Gasteiger partial charge in [-0.05, 0) is 37.5 Å². The highest BCUT2D eigenvalue weighted by Crippen LogP contribution is 2.39. The van der Waals surface area contributed by atoms with Gasteiger partial charge in [0, 0.05) is 24.8 Å². The minimum Gasteiger partial charge on any atom is -0.231 e. The number of aliphatic imine (C=N–C) groups is 2. The molecular formula is C10H10N4S3. The molecule has 7 heteroatoms. The SMILES string of the molecule is C=CC=NC(=NC=C)SSSc1ncccn1. The molecule has 0 atom stereocenters. The van der Waals surface area contributed by atoms with Crippen LogP contribution < -0.4 is 0 Å². The van der Waals surface area contributed by atoms with Crippen molar-refractivity contribution in [2.24, 2.45) is 9.98 Å². The Hall–Kier alpha value is -1.05. The molecule has 0 saturated carbocycles. The van der Waals surface area contributed by atoms with Gasteiger partial charge in [-0.2, -0.15) is 0 Å². The number of nitrogens with zero attached hydrogens (tertiary/aromatic N) is 4. The molecule has 0 amide bonds. The Balaban J connectivity index is 2.42. The number of allylic oxidation sites excluding steroid dienone is 1. The fourth-order valence-corrected chi connectivity index (χ4v) is 3.65. The summed E-state index contributed by atoms with van der Waals surface area (Å²) in [5, 5.41) is 1.31. The molecule has 1 heterocycles. The fraction of sp³-hybridized carbons (Fsp3) is 0. The van der Waals surface area contributed by atoms with Crippen molar-refractivity contribution < 1.29 is 0 Å². The van der Waals surface area contributed by atoms with Crippen molar-refractivity contribution in [3.63, 3.8) is 0 Å². The Bertz CT molecular complexity index is 417. The van der Waals surface area contributed by atoms with Crippen LogP contribution in [0.2, 0.25) is 0 Å². The third-order valence-corrected chi connectivity index (χ3v) is 4.63. The zero-order valence-electron chi connectivity index (χ0n) is 8.89. The van der Waals surface area contributed by atoms with Gasteiger partial charge in [0.25, 0.3) is 0 Å². The number of rotatable bonds is 5. The van der Waals surface area contributed by atoms with Gasteiger partial charge >= 0.3 is 0 Å². The van der Waals surface area contributed by atoms with Crippen molar-refractivity contribution in [2.75, 3.05) is 0 Å². The van der Waals surface area contributed by atoms with Crippen molar-refractivity contribution in [3.05, 3.63) is 43.9 Å². The Morgan fingerprint density at radius 3 is 2.71 bits per heavy atom. The van der Waals surface area contributed by atoms with Crippen LogP contribution in [0.4, 0.5) is 0 Å². The average Bonchev–Trinajstić information content (AvgIpc) is 2.37. The van der Waals surface area contributed by atoms with Gasteiger partial charge in [0.15, 0.2) is 10.3 Å². The predicted octanol–water partition coefficient (Wildman–Crippen LogP) is 3.62. The van der Waals surface area contributed by atoms with E-state index in [-0.39, 0.29) is 0 Å². The monoisotopic (exact) mass is 282 g/mol. The second kappa shape index (κ2) is 9.03. The summed E-state index contributed by atoms with van der Waals surface area (Å²) in [4.78, 5) is 16.3. The van der Waals surface area contributed by atoms with Gasteiger partial charge in [0.05, 0.1) is 0 Å². The molecule has 0 radical (unpaired) electrons. The summed E-state index contributed by atoms with van der Waals surface area (Å²) in [6, 6.07) is 1.78. The number of hydrogen-bond acceptors (Lipinski definition) is 6. The predicted molar refractivity (Wildman–Crippen MR) is 79.4 cm³/mol. The van der Waals surface area contributed by atoms with Crippen molar-refractivity contribution in [1.29, 1.82) is 0 Å². The molecule has 0 aliphatic carbocycles. The van der Waals surface area contributed by atoms with Crippen LogP contribution in [0, 0.1) is 0 Å². The molecule has 0 aliphatic rings. The third-order valence-electron chi connectivity index (χ3n) is 1.25. The summed E-state index contributed by atoms with van der Waals surface area (Å²) in [5.74, 6) is 0. The molecule has 1 aromatic heterocycles. The largest absolute Gasteiger partial charge is 0.231 e. The van der Waals surface area contributed by atoms with Crippen LogP contribution in [0.1, 0.15) is 0 Å². The first-order valence-electron chi connectivity index (χ1n) is 4.49. The molecular weight excluding hydrogens is 272 g/mol. The number of amidine groups is 1. The van der Waals surface area contributed by atoms with Crippen LogP contribution in [0.3, 0.4) is 0 Å². The topological polar surface area (TPSA) is 50.5 Å². The molecule has 17 heavy (non-hydrogen) atoms. The average molecular weight is 282 g/mol. The smallest absolute Gasteiger partial charge is 0.199 e. The van der Waals surface area contributed by atoms with Crippen LogP contribution in [-0.2, 0) is 0 Å². The van der Waals surface area contributed by atoms with Gasteiger partial charge in [-0.25, -0.2) is 20.0 Å². The summed E-state index contributed by atoms with van der Waals surface area (Å²) in [6.45, 7) is 7.08. The maximum absolute atomic E-state index is 4.09. The molecule has 88 valence electrons. The van der Waals surface area contributed by atoms with Crippen LogP contribution in [0.25, 0.3) is 0 Å². The quantitative estimate of drug-likeness (QED) is 0.357. The second-order valence-electron chi connectivity index (χ2n) is 2.37. The lowest BCUT2D eigenvalue weighted by molar-refractivity contribution is 0.973. The lowest BCUT2D eigenvalue weighted by Gasteiger charge is -1.97. The minimum atomic E-state index is 0.605. The zero-order valence-corrected chi connectivity index (χ0v) is 11.3. The molecule has 4 nitrogen and oxygen atoms in total. The van der Waals surface area contributed by atoms with E-state index in [1.165, 1.54) is 37.6 Å². The Labute approximate surface area is 112 Å². The van der Waals surface area contributed by atoms with Gasteiger partial charge < -0.3 is 0 Å². The van der Waals surface area contributed by atoms with Gasteiger partial charge in [0.2, 0.25) is 0 Å². The molecule has 1 aromatic rings. The van der Waals surface area contributed by atoms with E-state index in [0.29, 0.717) is 10.3 Å². The number of aromatic nitrogens is 2. The first kappa shape index (κ1) is 14.0. The van der Waals surface area contributed by atoms with Crippen LogP contribution in [-0.4, -0.2) is 21.4 Å². The summed E-state index contributed by atoms with van der Waals surface area (Å²) in [5.41, 5.74) is 0. The standard InChI is InChI=1S/C10H10N4S3/c1-3-6-12-9(11-4-2)15-17-16-10-13-7-5-8-14-10/h3-8H,1-2H2. The van der Waals surface area contributed by atoms with E-state index in [4.69, 9.17) is 0 Å². The van der Waals surface area contributed by atoms with Crippen molar-refractivity contribution in [2.45, 2.75) is 5.16 Å². The molecule has 0 N–H and O–H groups in total. The molecule has 0 saturated heterocycles. The Kier molecular flexibility index (Phi) is 7.44. The molecule has 0 aliphatic heterocycles. The summed E-state index contributed by atoms with van der Waals surface area (Å²) >= 11 is 0.